The van der Waals surface area contributed by atoms with Crippen LogP contribution in [0.15, 0.2) is 66.2 Å². The van der Waals surface area contributed by atoms with E-state index in [0.29, 0.717) is 35.8 Å². The summed E-state index contributed by atoms with van der Waals surface area (Å²) in [5, 5.41) is 6.68. The van der Waals surface area contributed by atoms with Gasteiger partial charge in [-0.05, 0) is 61.4 Å². The molecule has 1 aliphatic rings. The van der Waals surface area contributed by atoms with Crippen molar-refractivity contribution in [3.63, 3.8) is 0 Å². The summed E-state index contributed by atoms with van der Waals surface area (Å²) in [4.78, 5) is 35.2. The van der Waals surface area contributed by atoms with Crippen molar-refractivity contribution in [2.75, 3.05) is 30.0 Å². The molecule has 1 saturated heterocycles. The van der Waals surface area contributed by atoms with Gasteiger partial charge >= 0.3 is 0 Å². The zero-order valence-electron chi connectivity index (χ0n) is 18.7. The van der Waals surface area contributed by atoms with Gasteiger partial charge in [0.2, 0.25) is 11.9 Å². The summed E-state index contributed by atoms with van der Waals surface area (Å²) in [5.41, 5.74) is 1.66. The van der Waals surface area contributed by atoms with E-state index >= 15 is 0 Å². The molecule has 9 nitrogen and oxygen atoms in total. The summed E-state index contributed by atoms with van der Waals surface area (Å²) >= 11 is 0. The highest BCUT2D eigenvalue weighted by molar-refractivity contribution is 7.90. The van der Waals surface area contributed by atoms with Crippen molar-refractivity contribution in [2.24, 2.45) is 0 Å². The van der Waals surface area contributed by atoms with Crippen LogP contribution in [0.4, 0.5) is 11.6 Å². The molecule has 10 heteroatoms. The maximum absolute atomic E-state index is 13.0. The summed E-state index contributed by atoms with van der Waals surface area (Å²) < 4.78 is 23.7. The summed E-state index contributed by atoms with van der Waals surface area (Å²) in [6.45, 7) is 4.54. The molecule has 2 N–H and O–H groups in total. The molecule has 0 saturated carbocycles. The molecule has 34 heavy (non-hydrogen) atoms. The summed E-state index contributed by atoms with van der Waals surface area (Å²) in [6, 6.07) is 11.5. The summed E-state index contributed by atoms with van der Waals surface area (Å²) in [6.07, 6.45) is 5.66. The third kappa shape index (κ3) is 5.40. The van der Waals surface area contributed by atoms with Gasteiger partial charge in [-0.1, -0.05) is 6.58 Å². The van der Waals surface area contributed by atoms with E-state index in [4.69, 9.17) is 0 Å². The first kappa shape index (κ1) is 23.4. The predicted octanol–water partition coefficient (Wildman–Crippen LogP) is 2.87. The van der Waals surface area contributed by atoms with Gasteiger partial charge in [0, 0.05) is 48.2 Å². The van der Waals surface area contributed by atoms with E-state index in [9.17, 15) is 18.0 Å². The molecule has 0 aliphatic carbocycles. The second-order valence-corrected chi connectivity index (χ2v) is 10.2. The molecule has 0 spiro atoms. The number of nitrogens with one attached hydrogen (secondary N) is 2. The Kier molecular flexibility index (Phi) is 6.60. The number of benzene rings is 2. The molecule has 2 heterocycles. The van der Waals surface area contributed by atoms with E-state index in [0.717, 1.165) is 24.5 Å². The molecular formula is C24H25N5O4S. The first-order valence-electron chi connectivity index (χ1n) is 10.8. The van der Waals surface area contributed by atoms with Crippen molar-refractivity contribution >= 4 is 44.2 Å². The number of hydrogen-bond donors (Lipinski definition) is 2. The largest absolute Gasteiger partial charge is 0.350 e. The maximum atomic E-state index is 13.0. The second-order valence-electron chi connectivity index (χ2n) is 8.19. The van der Waals surface area contributed by atoms with Crippen LogP contribution in [0.3, 0.4) is 0 Å². The SMILES string of the molecule is C=CC(=O)Nc1ccc(C(=O)N2CCC[C@H](Nc3ncc4ccc(S(C)(=O)=O)cc4n3)C2)cc1. The number of rotatable bonds is 6. The molecule has 1 fully saturated rings. The fraction of sp³-hybridized carbons (Fsp3) is 0.250. The van der Waals surface area contributed by atoms with Gasteiger partial charge < -0.3 is 15.5 Å². The lowest BCUT2D eigenvalue weighted by atomic mass is 10.0. The first-order chi connectivity index (χ1) is 16.2. The first-order valence-corrected chi connectivity index (χ1v) is 12.7. The number of sulfone groups is 1. The van der Waals surface area contributed by atoms with Gasteiger partial charge in [0.05, 0.1) is 10.4 Å². The van der Waals surface area contributed by atoms with Gasteiger partial charge in [-0.3, -0.25) is 9.59 Å². The van der Waals surface area contributed by atoms with Gasteiger partial charge in [0.25, 0.3) is 5.91 Å². The van der Waals surface area contributed by atoms with Crippen LogP contribution >= 0.6 is 0 Å². The number of carbonyl (C=O) groups is 2. The van der Waals surface area contributed by atoms with Crippen LogP contribution in [0, 0.1) is 0 Å². The Hall–Kier alpha value is -3.79. The van der Waals surface area contributed by atoms with Crippen LogP contribution in [0.1, 0.15) is 23.2 Å². The number of fused-ring (bicyclic) bond motifs is 1. The number of likely N-dealkylation sites (tertiary alicyclic amines) is 1. The Labute approximate surface area is 197 Å². The Morgan fingerprint density at radius 3 is 2.65 bits per heavy atom. The maximum Gasteiger partial charge on any atom is 0.253 e. The van der Waals surface area contributed by atoms with Crippen molar-refractivity contribution in [2.45, 2.75) is 23.8 Å². The minimum Gasteiger partial charge on any atom is -0.350 e. The number of nitrogens with zero attached hydrogens (tertiary/aromatic N) is 3. The van der Waals surface area contributed by atoms with E-state index in [1.54, 1.807) is 47.5 Å². The average Bonchev–Trinajstić information content (AvgIpc) is 2.83. The number of hydrogen-bond acceptors (Lipinski definition) is 7. The zero-order valence-corrected chi connectivity index (χ0v) is 19.5. The smallest absolute Gasteiger partial charge is 0.253 e. The Bertz CT molecular complexity index is 1360. The fourth-order valence-electron chi connectivity index (χ4n) is 3.84. The lowest BCUT2D eigenvalue weighted by Crippen LogP contribution is -2.45. The monoisotopic (exact) mass is 479 g/mol. The van der Waals surface area contributed by atoms with E-state index in [1.807, 2.05) is 0 Å². The molecule has 0 unspecified atom stereocenters. The molecule has 1 aliphatic heterocycles. The van der Waals surface area contributed by atoms with Crippen molar-refractivity contribution in [3.8, 4) is 0 Å². The topological polar surface area (TPSA) is 121 Å². The zero-order chi connectivity index (χ0) is 24.3. The van der Waals surface area contributed by atoms with Crippen molar-refractivity contribution in [1.29, 1.82) is 0 Å². The highest BCUT2D eigenvalue weighted by Crippen LogP contribution is 2.21. The van der Waals surface area contributed by atoms with E-state index in [-0.39, 0.29) is 22.8 Å². The number of anilines is 2. The Balaban J connectivity index is 1.44. The van der Waals surface area contributed by atoms with E-state index in [2.05, 4.69) is 27.2 Å². The molecule has 1 atom stereocenters. The van der Waals surface area contributed by atoms with Crippen LogP contribution in [-0.2, 0) is 14.6 Å². The van der Waals surface area contributed by atoms with Crippen molar-refractivity contribution in [1.82, 2.24) is 14.9 Å². The van der Waals surface area contributed by atoms with Crippen LogP contribution in [-0.4, -0.2) is 60.5 Å². The van der Waals surface area contributed by atoms with E-state index in [1.165, 1.54) is 12.1 Å². The standard InChI is InChI=1S/C24H25N5O4S/c1-3-22(30)26-18-9-6-16(7-10-18)23(31)29-12-4-5-19(15-29)27-24-25-14-17-8-11-20(34(2,32)33)13-21(17)28-24/h3,6-11,13-14,19H,1,4-5,12,15H2,2H3,(H,26,30)(H,25,27,28)/t19-/m0/s1. The second kappa shape index (κ2) is 9.60. The Morgan fingerprint density at radius 1 is 1.18 bits per heavy atom. The predicted molar refractivity (Wildman–Crippen MR) is 130 cm³/mol. The lowest BCUT2D eigenvalue weighted by Gasteiger charge is -2.33. The quantitative estimate of drug-likeness (QED) is 0.522. The molecule has 2 aromatic carbocycles. The number of carbonyl (C=O) groups excluding carboxylic acids is 2. The molecular weight excluding hydrogens is 454 g/mol. The fourth-order valence-corrected chi connectivity index (χ4v) is 4.48. The van der Waals surface area contributed by atoms with Crippen LogP contribution < -0.4 is 10.6 Å². The summed E-state index contributed by atoms with van der Waals surface area (Å²) in [5.74, 6) is -0.0161. The highest BCUT2D eigenvalue weighted by Gasteiger charge is 2.25. The minimum atomic E-state index is -3.34. The number of amides is 2. The van der Waals surface area contributed by atoms with Crippen molar-refractivity contribution < 1.29 is 18.0 Å². The van der Waals surface area contributed by atoms with Crippen molar-refractivity contribution in [3.05, 3.63) is 66.9 Å². The third-order valence-electron chi connectivity index (χ3n) is 5.61. The van der Waals surface area contributed by atoms with E-state index < -0.39 is 9.84 Å². The highest BCUT2D eigenvalue weighted by atomic mass is 32.2. The van der Waals surface area contributed by atoms with Crippen LogP contribution in [0.5, 0.6) is 0 Å². The molecule has 0 radical (unpaired) electrons. The van der Waals surface area contributed by atoms with Gasteiger partial charge in [0.15, 0.2) is 9.84 Å². The lowest BCUT2D eigenvalue weighted by molar-refractivity contribution is -0.111. The molecule has 3 aromatic rings. The van der Waals surface area contributed by atoms with Gasteiger partial charge in [-0.2, -0.15) is 0 Å². The molecule has 176 valence electrons. The molecule has 4 rings (SSSR count). The van der Waals surface area contributed by atoms with Crippen LogP contribution in [0.2, 0.25) is 0 Å². The number of aromatic nitrogens is 2. The Morgan fingerprint density at radius 2 is 1.94 bits per heavy atom. The molecule has 2 amide bonds. The van der Waals surface area contributed by atoms with Gasteiger partial charge in [-0.25, -0.2) is 18.4 Å². The average molecular weight is 480 g/mol. The molecule has 0 bridgehead atoms. The van der Waals surface area contributed by atoms with Crippen LogP contribution in [0.25, 0.3) is 10.9 Å². The number of piperidine rings is 1. The van der Waals surface area contributed by atoms with Gasteiger partial charge in [-0.15, -0.1) is 0 Å². The summed E-state index contributed by atoms with van der Waals surface area (Å²) in [7, 11) is -3.34. The normalized spacial score (nSPS) is 16.1. The molecule has 1 aromatic heterocycles. The van der Waals surface area contributed by atoms with Gasteiger partial charge in [0.1, 0.15) is 0 Å². The third-order valence-corrected chi connectivity index (χ3v) is 6.72. The minimum absolute atomic E-state index is 0.0422.